The Morgan fingerprint density at radius 3 is 2.30 bits per heavy atom. The third-order valence-corrected chi connectivity index (χ3v) is 5.85. The molecule has 2 aliphatic rings. The van der Waals surface area contributed by atoms with E-state index in [1.807, 2.05) is 49.3 Å². The molecule has 0 bridgehead atoms. The fourth-order valence-corrected chi connectivity index (χ4v) is 4.00. The van der Waals surface area contributed by atoms with Crippen molar-refractivity contribution in [3.05, 3.63) is 35.9 Å². The number of benzene rings is 1. The molecule has 1 saturated heterocycles. The van der Waals surface area contributed by atoms with Crippen molar-refractivity contribution in [2.75, 3.05) is 27.2 Å². The number of amides is 1. The van der Waals surface area contributed by atoms with Crippen LogP contribution in [-0.4, -0.2) is 53.5 Å². The van der Waals surface area contributed by atoms with Crippen LogP contribution in [0.2, 0.25) is 0 Å². The van der Waals surface area contributed by atoms with Crippen LogP contribution in [0.25, 0.3) is 0 Å². The maximum Gasteiger partial charge on any atom is 0.243 e. The van der Waals surface area contributed by atoms with E-state index in [1.54, 1.807) is 0 Å². The second kappa shape index (κ2) is 6.62. The van der Waals surface area contributed by atoms with Crippen LogP contribution in [0.3, 0.4) is 0 Å². The number of carbonyl (C=O) groups excluding carboxylic acids is 1. The minimum absolute atomic E-state index is 0.248. The van der Waals surface area contributed by atoms with Gasteiger partial charge in [0.25, 0.3) is 0 Å². The summed E-state index contributed by atoms with van der Waals surface area (Å²) in [5, 5.41) is 10.6. The van der Waals surface area contributed by atoms with E-state index >= 15 is 0 Å². The molecule has 3 rings (SSSR count). The van der Waals surface area contributed by atoms with E-state index in [0.29, 0.717) is 5.91 Å². The fraction of sp³-hybridized carbons (Fsp3) is 0.632. The highest BCUT2D eigenvalue weighted by molar-refractivity contribution is 5.87. The summed E-state index contributed by atoms with van der Waals surface area (Å²) < 4.78 is 0. The first-order valence-electron chi connectivity index (χ1n) is 8.74. The SMILES string of the molecule is CN(C)C1(C(=O)N2CCC(C(O)c3ccccc3)CC2)CCC1. The van der Waals surface area contributed by atoms with Crippen molar-refractivity contribution >= 4 is 5.91 Å². The number of aliphatic hydroxyl groups is 1. The molecule has 126 valence electrons. The first kappa shape index (κ1) is 16.5. The van der Waals surface area contributed by atoms with Crippen molar-refractivity contribution in [3.63, 3.8) is 0 Å². The fourth-order valence-electron chi connectivity index (χ4n) is 4.00. The van der Waals surface area contributed by atoms with Gasteiger partial charge < -0.3 is 10.0 Å². The summed E-state index contributed by atoms with van der Waals surface area (Å²) >= 11 is 0. The van der Waals surface area contributed by atoms with Crippen molar-refractivity contribution in [2.24, 2.45) is 5.92 Å². The van der Waals surface area contributed by atoms with Gasteiger partial charge in [-0.05, 0) is 57.7 Å². The van der Waals surface area contributed by atoms with Gasteiger partial charge in [-0.1, -0.05) is 30.3 Å². The average molecular weight is 316 g/mol. The Balaban J connectivity index is 1.59. The molecular formula is C19H28N2O2. The summed E-state index contributed by atoms with van der Waals surface area (Å²) in [6.07, 6.45) is 4.44. The number of likely N-dealkylation sites (tertiary alicyclic amines) is 1. The van der Waals surface area contributed by atoms with Crippen molar-refractivity contribution in [1.29, 1.82) is 0 Å². The maximum absolute atomic E-state index is 12.9. The monoisotopic (exact) mass is 316 g/mol. The van der Waals surface area contributed by atoms with Crippen molar-refractivity contribution in [1.82, 2.24) is 9.80 Å². The summed E-state index contributed by atoms with van der Waals surface area (Å²) in [5.74, 6) is 0.541. The number of hydrogen-bond donors (Lipinski definition) is 1. The number of nitrogens with zero attached hydrogens (tertiary/aromatic N) is 2. The number of hydrogen-bond acceptors (Lipinski definition) is 3. The van der Waals surface area contributed by atoms with Crippen LogP contribution >= 0.6 is 0 Å². The Kier molecular flexibility index (Phi) is 4.74. The molecule has 1 aromatic carbocycles. The summed E-state index contributed by atoms with van der Waals surface area (Å²) in [6.45, 7) is 1.53. The number of piperidine rings is 1. The van der Waals surface area contributed by atoms with Gasteiger partial charge in [0.15, 0.2) is 0 Å². The number of likely N-dealkylation sites (N-methyl/N-ethyl adjacent to an activating group) is 1. The molecule has 1 aromatic rings. The van der Waals surface area contributed by atoms with E-state index in [9.17, 15) is 9.90 Å². The van der Waals surface area contributed by atoms with Gasteiger partial charge >= 0.3 is 0 Å². The maximum atomic E-state index is 12.9. The minimum atomic E-state index is -0.417. The van der Waals surface area contributed by atoms with Crippen LogP contribution in [0, 0.1) is 5.92 Å². The van der Waals surface area contributed by atoms with Gasteiger partial charge in [0.05, 0.1) is 6.10 Å². The summed E-state index contributed by atoms with van der Waals surface area (Å²) in [6, 6.07) is 9.87. The molecule has 1 saturated carbocycles. The first-order chi connectivity index (χ1) is 11.0. The summed E-state index contributed by atoms with van der Waals surface area (Å²) in [4.78, 5) is 17.0. The van der Waals surface area contributed by atoms with Gasteiger partial charge in [-0.25, -0.2) is 0 Å². The van der Waals surface area contributed by atoms with E-state index in [-0.39, 0.29) is 11.5 Å². The summed E-state index contributed by atoms with van der Waals surface area (Å²) in [5.41, 5.74) is 0.728. The first-order valence-corrected chi connectivity index (χ1v) is 8.74. The van der Waals surface area contributed by atoms with Crippen LogP contribution in [0.15, 0.2) is 30.3 Å². The highest BCUT2D eigenvalue weighted by Gasteiger charge is 2.48. The lowest BCUT2D eigenvalue weighted by Gasteiger charge is -2.49. The molecule has 4 heteroatoms. The molecule has 1 aliphatic carbocycles. The lowest BCUT2D eigenvalue weighted by Crippen LogP contribution is -2.62. The zero-order chi connectivity index (χ0) is 16.4. The second-order valence-electron chi connectivity index (χ2n) is 7.26. The van der Waals surface area contributed by atoms with Crippen LogP contribution in [-0.2, 0) is 4.79 Å². The average Bonchev–Trinajstić information content (AvgIpc) is 2.53. The Hall–Kier alpha value is -1.39. The Morgan fingerprint density at radius 2 is 1.83 bits per heavy atom. The normalized spacial score (nSPS) is 22.7. The molecule has 0 radical (unpaired) electrons. The molecule has 4 nitrogen and oxygen atoms in total. The van der Waals surface area contributed by atoms with Gasteiger partial charge in [0, 0.05) is 13.1 Å². The van der Waals surface area contributed by atoms with Crippen molar-refractivity contribution < 1.29 is 9.90 Å². The zero-order valence-electron chi connectivity index (χ0n) is 14.2. The van der Waals surface area contributed by atoms with Crippen LogP contribution < -0.4 is 0 Å². The van der Waals surface area contributed by atoms with Gasteiger partial charge in [-0.3, -0.25) is 9.69 Å². The Labute approximate surface area is 139 Å². The highest BCUT2D eigenvalue weighted by Crippen LogP contribution is 2.39. The minimum Gasteiger partial charge on any atom is -0.388 e. The number of rotatable bonds is 4. The number of carbonyl (C=O) groups is 1. The molecule has 1 N–H and O–H groups in total. The summed E-state index contributed by atoms with van der Waals surface area (Å²) in [7, 11) is 4.03. The zero-order valence-corrected chi connectivity index (χ0v) is 14.2. The molecular weight excluding hydrogens is 288 g/mol. The van der Waals surface area contributed by atoms with Crippen LogP contribution in [0.4, 0.5) is 0 Å². The highest BCUT2D eigenvalue weighted by atomic mass is 16.3. The van der Waals surface area contributed by atoms with E-state index < -0.39 is 6.10 Å². The molecule has 1 atom stereocenters. The molecule has 0 aromatic heterocycles. The third-order valence-electron chi connectivity index (χ3n) is 5.85. The van der Waals surface area contributed by atoms with Gasteiger partial charge in [0.2, 0.25) is 5.91 Å². The number of aliphatic hydroxyl groups excluding tert-OH is 1. The smallest absolute Gasteiger partial charge is 0.243 e. The van der Waals surface area contributed by atoms with Gasteiger partial charge in [0.1, 0.15) is 5.54 Å². The molecule has 23 heavy (non-hydrogen) atoms. The molecule has 0 spiro atoms. The van der Waals surface area contributed by atoms with Crippen LogP contribution in [0.1, 0.15) is 43.8 Å². The predicted molar refractivity (Wildman–Crippen MR) is 91.0 cm³/mol. The molecule has 1 heterocycles. The lowest BCUT2D eigenvalue weighted by molar-refractivity contribution is -0.150. The molecule has 1 amide bonds. The predicted octanol–water partition coefficient (Wildman–Crippen LogP) is 2.44. The third kappa shape index (κ3) is 3.02. The topological polar surface area (TPSA) is 43.8 Å². The quantitative estimate of drug-likeness (QED) is 0.928. The van der Waals surface area contributed by atoms with Crippen molar-refractivity contribution in [2.45, 2.75) is 43.7 Å². The second-order valence-corrected chi connectivity index (χ2v) is 7.26. The van der Waals surface area contributed by atoms with Gasteiger partial charge in [-0.2, -0.15) is 0 Å². The van der Waals surface area contributed by atoms with E-state index in [0.717, 1.165) is 50.8 Å². The lowest BCUT2D eigenvalue weighted by atomic mass is 9.74. The Bertz CT molecular complexity index is 532. The standard InChI is InChI=1S/C19H28N2O2/c1-20(2)19(11-6-12-19)18(23)21-13-9-16(10-14-21)17(22)15-7-4-3-5-8-15/h3-5,7-8,16-17,22H,6,9-14H2,1-2H3. The van der Waals surface area contributed by atoms with E-state index in [4.69, 9.17) is 0 Å². The van der Waals surface area contributed by atoms with Crippen molar-refractivity contribution in [3.8, 4) is 0 Å². The molecule has 2 fully saturated rings. The largest absolute Gasteiger partial charge is 0.388 e. The van der Waals surface area contributed by atoms with E-state index in [2.05, 4.69) is 4.90 Å². The molecule has 1 unspecified atom stereocenters. The van der Waals surface area contributed by atoms with Gasteiger partial charge in [-0.15, -0.1) is 0 Å². The van der Waals surface area contributed by atoms with E-state index in [1.165, 1.54) is 0 Å². The van der Waals surface area contributed by atoms with Crippen LogP contribution in [0.5, 0.6) is 0 Å². The Morgan fingerprint density at radius 1 is 1.22 bits per heavy atom. The molecule has 1 aliphatic heterocycles.